The van der Waals surface area contributed by atoms with Gasteiger partial charge in [-0.1, -0.05) is 6.07 Å². The van der Waals surface area contributed by atoms with Crippen LogP contribution in [0.25, 0.3) is 0 Å². The molecule has 0 saturated heterocycles. The number of hydrogen-bond donors (Lipinski definition) is 3. The quantitative estimate of drug-likeness (QED) is 0.786. The lowest BCUT2D eigenvalue weighted by Crippen LogP contribution is -2.16. The Morgan fingerprint density at radius 2 is 1.75 bits per heavy atom. The number of amides is 2. The summed E-state index contributed by atoms with van der Waals surface area (Å²) in [4.78, 5) is 23.7. The minimum Gasteiger partial charge on any atom is -0.378 e. The molecule has 1 aromatic heterocycles. The SMILES string of the molecule is CC(Nc1cc(C(N)=O)cc(C(N)=O)c1)c1cccs1. The first-order valence-electron chi connectivity index (χ1n) is 6.02. The summed E-state index contributed by atoms with van der Waals surface area (Å²) in [6, 6.07) is 8.64. The van der Waals surface area contributed by atoms with Crippen molar-refractivity contribution < 1.29 is 9.59 Å². The molecule has 2 amide bonds. The third-order valence-corrected chi connectivity index (χ3v) is 3.91. The average molecular weight is 289 g/mol. The van der Waals surface area contributed by atoms with Gasteiger partial charge in [0.2, 0.25) is 11.8 Å². The van der Waals surface area contributed by atoms with Gasteiger partial charge in [0, 0.05) is 21.7 Å². The molecule has 5 N–H and O–H groups in total. The number of benzene rings is 1. The second kappa shape index (κ2) is 5.75. The third-order valence-electron chi connectivity index (χ3n) is 2.86. The first-order chi connectivity index (χ1) is 9.47. The van der Waals surface area contributed by atoms with Gasteiger partial charge in [-0.05, 0) is 36.6 Å². The minimum absolute atomic E-state index is 0.0545. The van der Waals surface area contributed by atoms with Gasteiger partial charge in [0.25, 0.3) is 0 Å². The summed E-state index contributed by atoms with van der Waals surface area (Å²) < 4.78 is 0. The number of thiophene rings is 1. The molecule has 0 saturated carbocycles. The van der Waals surface area contributed by atoms with Crippen LogP contribution in [0.2, 0.25) is 0 Å². The summed E-state index contributed by atoms with van der Waals surface area (Å²) in [5.41, 5.74) is 11.7. The molecule has 0 spiro atoms. The van der Waals surface area contributed by atoms with Crippen molar-refractivity contribution in [2.75, 3.05) is 5.32 Å². The molecule has 2 rings (SSSR count). The lowest BCUT2D eigenvalue weighted by atomic mass is 10.1. The molecule has 0 aliphatic carbocycles. The highest BCUT2D eigenvalue weighted by molar-refractivity contribution is 7.10. The van der Waals surface area contributed by atoms with Crippen molar-refractivity contribution in [3.05, 3.63) is 51.7 Å². The highest BCUT2D eigenvalue weighted by atomic mass is 32.1. The van der Waals surface area contributed by atoms with Gasteiger partial charge in [-0.2, -0.15) is 0 Å². The van der Waals surface area contributed by atoms with Crippen LogP contribution in [0.1, 0.15) is 38.6 Å². The maximum atomic E-state index is 11.3. The summed E-state index contributed by atoms with van der Waals surface area (Å²) in [6.45, 7) is 1.99. The molecule has 0 fully saturated rings. The largest absolute Gasteiger partial charge is 0.378 e. The predicted octanol–water partition coefficient (Wildman–Crippen LogP) is 2.12. The topological polar surface area (TPSA) is 98.2 Å². The van der Waals surface area contributed by atoms with Gasteiger partial charge in [-0.25, -0.2) is 0 Å². The summed E-state index contributed by atoms with van der Waals surface area (Å²) in [6.07, 6.45) is 0. The number of carbonyl (C=O) groups excluding carboxylic acids is 2. The second-order valence-electron chi connectivity index (χ2n) is 4.41. The smallest absolute Gasteiger partial charge is 0.248 e. The fourth-order valence-corrected chi connectivity index (χ4v) is 2.59. The fraction of sp³-hybridized carbons (Fsp3) is 0.143. The molecule has 104 valence electrons. The van der Waals surface area contributed by atoms with Crippen molar-refractivity contribution in [3.8, 4) is 0 Å². The normalized spacial score (nSPS) is 11.8. The van der Waals surface area contributed by atoms with E-state index in [2.05, 4.69) is 5.32 Å². The van der Waals surface area contributed by atoms with Gasteiger partial charge in [0.15, 0.2) is 0 Å². The van der Waals surface area contributed by atoms with Crippen LogP contribution in [0.15, 0.2) is 35.7 Å². The number of anilines is 1. The molecule has 0 radical (unpaired) electrons. The molecule has 1 heterocycles. The Bertz CT molecular complexity index is 606. The lowest BCUT2D eigenvalue weighted by Gasteiger charge is -2.15. The monoisotopic (exact) mass is 289 g/mol. The Labute approximate surface area is 120 Å². The van der Waals surface area contributed by atoms with E-state index in [1.54, 1.807) is 23.5 Å². The van der Waals surface area contributed by atoms with Gasteiger partial charge >= 0.3 is 0 Å². The number of nitrogens with two attached hydrogens (primary N) is 2. The van der Waals surface area contributed by atoms with Gasteiger partial charge < -0.3 is 16.8 Å². The lowest BCUT2D eigenvalue weighted by molar-refractivity contribution is 0.0999. The van der Waals surface area contributed by atoms with Crippen molar-refractivity contribution in [2.24, 2.45) is 11.5 Å². The second-order valence-corrected chi connectivity index (χ2v) is 5.39. The molecule has 5 nitrogen and oxygen atoms in total. The molecule has 0 bridgehead atoms. The van der Waals surface area contributed by atoms with Crippen molar-refractivity contribution in [3.63, 3.8) is 0 Å². The minimum atomic E-state index is -0.597. The van der Waals surface area contributed by atoms with Crippen LogP contribution in [0.3, 0.4) is 0 Å². The molecule has 1 atom stereocenters. The van der Waals surface area contributed by atoms with E-state index in [1.807, 2.05) is 24.4 Å². The van der Waals surface area contributed by atoms with Gasteiger partial charge in [-0.3, -0.25) is 9.59 Å². The third kappa shape index (κ3) is 3.16. The molecule has 0 aliphatic heterocycles. The van der Waals surface area contributed by atoms with Crippen LogP contribution in [-0.4, -0.2) is 11.8 Å². The Morgan fingerprint density at radius 1 is 1.15 bits per heavy atom. The Balaban J connectivity index is 2.31. The highest BCUT2D eigenvalue weighted by Gasteiger charge is 2.11. The number of carbonyl (C=O) groups is 2. The van der Waals surface area contributed by atoms with E-state index >= 15 is 0 Å². The number of hydrogen-bond acceptors (Lipinski definition) is 4. The predicted molar refractivity (Wildman–Crippen MR) is 79.8 cm³/mol. The Hall–Kier alpha value is -2.34. The molecule has 2 aromatic rings. The van der Waals surface area contributed by atoms with E-state index in [-0.39, 0.29) is 17.2 Å². The first-order valence-corrected chi connectivity index (χ1v) is 6.90. The zero-order valence-corrected chi connectivity index (χ0v) is 11.7. The van der Waals surface area contributed by atoms with E-state index in [0.717, 1.165) is 4.88 Å². The average Bonchev–Trinajstić information content (AvgIpc) is 2.92. The summed E-state index contributed by atoms with van der Waals surface area (Å²) in [5, 5.41) is 5.22. The van der Waals surface area contributed by atoms with E-state index in [4.69, 9.17) is 11.5 Å². The molecular formula is C14H15N3O2S. The van der Waals surface area contributed by atoms with Crippen LogP contribution in [0.5, 0.6) is 0 Å². The standard InChI is InChI=1S/C14H15N3O2S/c1-8(12-3-2-4-20-12)17-11-6-9(13(15)18)5-10(7-11)14(16)19/h2-8,17H,1H3,(H2,15,18)(H2,16,19). The van der Waals surface area contributed by atoms with Crippen LogP contribution in [0.4, 0.5) is 5.69 Å². The Morgan fingerprint density at radius 3 is 2.20 bits per heavy atom. The highest BCUT2D eigenvalue weighted by Crippen LogP contribution is 2.24. The summed E-state index contributed by atoms with van der Waals surface area (Å²) in [7, 11) is 0. The molecule has 20 heavy (non-hydrogen) atoms. The maximum Gasteiger partial charge on any atom is 0.248 e. The van der Waals surface area contributed by atoms with E-state index in [1.165, 1.54) is 6.07 Å². The van der Waals surface area contributed by atoms with Crippen LogP contribution in [0, 0.1) is 0 Å². The van der Waals surface area contributed by atoms with Crippen LogP contribution in [-0.2, 0) is 0 Å². The van der Waals surface area contributed by atoms with E-state index in [9.17, 15) is 9.59 Å². The van der Waals surface area contributed by atoms with Crippen LogP contribution < -0.4 is 16.8 Å². The molecule has 1 unspecified atom stereocenters. The fourth-order valence-electron chi connectivity index (χ4n) is 1.85. The summed E-state index contributed by atoms with van der Waals surface area (Å²) >= 11 is 1.63. The zero-order chi connectivity index (χ0) is 14.7. The van der Waals surface area contributed by atoms with Crippen molar-refractivity contribution in [2.45, 2.75) is 13.0 Å². The number of rotatable bonds is 5. The molecular weight excluding hydrogens is 274 g/mol. The van der Waals surface area contributed by atoms with Gasteiger partial charge in [-0.15, -0.1) is 11.3 Å². The van der Waals surface area contributed by atoms with E-state index in [0.29, 0.717) is 5.69 Å². The maximum absolute atomic E-state index is 11.3. The molecule has 0 aliphatic rings. The van der Waals surface area contributed by atoms with E-state index < -0.39 is 11.8 Å². The van der Waals surface area contributed by atoms with Crippen molar-refractivity contribution in [1.82, 2.24) is 0 Å². The zero-order valence-electron chi connectivity index (χ0n) is 10.9. The van der Waals surface area contributed by atoms with Gasteiger partial charge in [0.05, 0.1) is 6.04 Å². The van der Waals surface area contributed by atoms with Gasteiger partial charge in [0.1, 0.15) is 0 Å². The van der Waals surface area contributed by atoms with Crippen molar-refractivity contribution >= 4 is 28.8 Å². The first kappa shape index (κ1) is 14.1. The molecule has 6 heteroatoms. The van der Waals surface area contributed by atoms with Crippen LogP contribution >= 0.6 is 11.3 Å². The number of primary amides is 2. The molecule has 1 aromatic carbocycles. The Kier molecular flexibility index (Phi) is 4.05. The van der Waals surface area contributed by atoms with Crippen molar-refractivity contribution in [1.29, 1.82) is 0 Å². The summed E-state index contributed by atoms with van der Waals surface area (Å²) in [5.74, 6) is -1.19. The number of nitrogens with one attached hydrogen (secondary N) is 1.